The van der Waals surface area contributed by atoms with Crippen LogP contribution >= 0.6 is 0 Å². The third kappa shape index (κ3) is 4.85. The highest BCUT2D eigenvalue weighted by Crippen LogP contribution is 2.30. The Hall–Kier alpha value is -4.33. The maximum Gasteiger partial charge on any atom is 0.269 e. The molecule has 174 valence electrons. The van der Waals surface area contributed by atoms with Crippen LogP contribution in [0.15, 0.2) is 66.7 Å². The minimum atomic E-state index is -0.470. The number of amides is 2. The van der Waals surface area contributed by atoms with Crippen LogP contribution in [0.4, 0.5) is 10.1 Å². The number of H-pyrrole nitrogens is 1. The molecule has 3 N–H and O–H groups in total. The number of nitrogens with one attached hydrogen (secondary N) is 3. The van der Waals surface area contributed by atoms with Crippen molar-refractivity contribution in [3.63, 3.8) is 0 Å². The fourth-order valence-corrected chi connectivity index (χ4v) is 3.68. The second kappa shape index (κ2) is 10.1. The van der Waals surface area contributed by atoms with Gasteiger partial charge in [-0.2, -0.15) is 0 Å². The van der Waals surface area contributed by atoms with Gasteiger partial charge >= 0.3 is 0 Å². The van der Waals surface area contributed by atoms with Crippen molar-refractivity contribution in [2.45, 2.75) is 6.42 Å². The minimum Gasteiger partial charge on any atom is -0.493 e. The molecule has 4 rings (SSSR count). The summed E-state index contributed by atoms with van der Waals surface area (Å²) in [5.74, 6) is -0.0537. The zero-order chi connectivity index (χ0) is 24.1. The van der Waals surface area contributed by atoms with Crippen LogP contribution in [0.2, 0.25) is 0 Å². The van der Waals surface area contributed by atoms with Gasteiger partial charge in [0.1, 0.15) is 11.5 Å². The summed E-state index contributed by atoms with van der Waals surface area (Å²) in [6.45, 7) is 0.337. The summed E-state index contributed by atoms with van der Waals surface area (Å²) in [6.07, 6.45) is 0.548. The average Bonchev–Trinajstić information content (AvgIpc) is 3.21. The van der Waals surface area contributed by atoms with Crippen LogP contribution in [-0.2, 0) is 6.42 Å². The van der Waals surface area contributed by atoms with E-state index < -0.39 is 17.6 Å². The monoisotopic (exact) mass is 461 g/mol. The summed E-state index contributed by atoms with van der Waals surface area (Å²) >= 11 is 0. The van der Waals surface area contributed by atoms with Crippen molar-refractivity contribution in [2.24, 2.45) is 0 Å². The topological polar surface area (TPSA) is 92.5 Å². The van der Waals surface area contributed by atoms with Crippen LogP contribution in [0.25, 0.3) is 10.9 Å². The van der Waals surface area contributed by atoms with Gasteiger partial charge in [0.25, 0.3) is 11.8 Å². The molecule has 2 amide bonds. The van der Waals surface area contributed by atoms with Crippen LogP contribution in [0.1, 0.15) is 26.4 Å². The standard InChI is InChI=1S/C26H24FN3O4/c1-33-21-11-8-16(14-22(21)34-2)12-13-28-26(32)24-23(19-15-18(27)9-10-20(19)29-24)30-25(31)17-6-4-3-5-7-17/h3-11,14-15,29H,12-13H2,1-2H3,(H,28,32)(H,30,31). The predicted octanol–water partition coefficient (Wildman–Crippen LogP) is 4.55. The van der Waals surface area contributed by atoms with Gasteiger partial charge in [0, 0.05) is 23.0 Å². The molecule has 0 radical (unpaired) electrons. The van der Waals surface area contributed by atoms with Gasteiger partial charge in [0.05, 0.1) is 19.9 Å². The van der Waals surface area contributed by atoms with Crippen molar-refractivity contribution in [1.29, 1.82) is 0 Å². The van der Waals surface area contributed by atoms with Crippen LogP contribution in [0, 0.1) is 5.82 Å². The van der Waals surface area contributed by atoms with E-state index in [0.717, 1.165) is 5.56 Å². The van der Waals surface area contributed by atoms with Crippen molar-refractivity contribution >= 4 is 28.4 Å². The number of hydrogen-bond acceptors (Lipinski definition) is 4. The number of carbonyl (C=O) groups is 2. The predicted molar refractivity (Wildman–Crippen MR) is 128 cm³/mol. The van der Waals surface area contributed by atoms with Crippen LogP contribution in [0.5, 0.6) is 11.5 Å². The lowest BCUT2D eigenvalue weighted by Crippen LogP contribution is -2.27. The van der Waals surface area contributed by atoms with Gasteiger partial charge < -0.3 is 25.1 Å². The Morgan fingerprint density at radius 1 is 0.912 bits per heavy atom. The summed E-state index contributed by atoms with van der Waals surface area (Å²) in [5, 5.41) is 6.03. The molecule has 0 saturated heterocycles. The lowest BCUT2D eigenvalue weighted by atomic mass is 10.1. The highest BCUT2D eigenvalue weighted by molar-refractivity contribution is 6.15. The SMILES string of the molecule is COc1ccc(CCNC(=O)c2[nH]c3ccc(F)cc3c2NC(=O)c2ccccc2)cc1OC. The molecule has 0 unspecified atom stereocenters. The number of halogens is 1. The first kappa shape index (κ1) is 22.8. The van der Waals surface area contributed by atoms with Gasteiger partial charge in [0.15, 0.2) is 11.5 Å². The molecule has 1 aromatic heterocycles. The largest absolute Gasteiger partial charge is 0.493 e. The number of carbonyl (C=O) groups excluding carboxylic acids is 2. The summed E-state index contributed by atoms with van der Waals surface area (Å²) in [7, 11) is 3.13. The Morgan fingerprint density at radius 2 is 1.68 bits per heavy atom. The number of anilines is 1. The average molecular weight is 461 g/mol. The lowest BCUT2D eigenvalue weighted by molar-refractivity contribution is 0.0951. The third-order valence-corrected chi connectivity index (χ3v) is 5.41. The van der Waals surface area contributed by atoms with E-state index in [1.54, 1.807) is 50.6 Å². The van der Waals surface area contributed by atoms with E-state index in [9.17, 15) is 14.0 Å². The molecule has 0 bridgehead atoms. The molecule has 0 spiro atoms. The highest BCUT2D eigenvalue weighted by atomic mass is 19.1. The van der Waals surface area contributed by atoms with Crippen molar-refractivity contribution in [1.82, 2.24) is 10.3 Å². The molecule has 0 aliphatic rings. The quantitative estimate of drug-likeness (QED) is 0.359. The van der Waals surface area contributed by atoms with Crippen molar-refractivity contribution in [3.8, 4) is 11.5 Å². The van der Waals surface area contributed by atoms with Crippen LogP contribution < -0.4 is 20.1 Å². The number of hydrogen-bond donors (Lipinski definition) is 3. The number of aromatic nitrogens is 1. The molecular formula is C26H24FN3O4. The molecule has 0 aliphatic heterocycles. The Balaban J connectivity index is 1.54. The van der Waals surface area contributed by atoms with Crippen molar-refractivity contribution in [3.05, 3.63) is 89.4 Å². The third-order valence-electron chi connectivity index (χ3n) is 5.41. The van der Waals surface area contributed by atoms with E-state index in [4.69, 9.17) is 9.47 Å². The van der Waals surface area contributed by atoms with E-state index in [1.165, 1.54) is 18.2 Å². The zero-order valence-electron chi connectivity index (χ0n) is 18.8. The van der Waals surface area contributed by atoms with E-state index in [-0.39, 0.29) is 11.4 Å². The lowest BCUT2D eigenvalue weighted by Gasteiger charge is -2.11. The van der Waals surface area contributed by atoms with E-state index in [1.807, 2.05) is 12.1 Å². The normalized spacial score (nSPS) is 10.7. The van der Waals surface area contributed by atoms with Gasteiger partial charge in [-0.15, -0.1) is 0 Å². The number of aromatic amines is 1. The minimum absolute atomic E-state index is 0.150. The Labute approximate surface area is 195 Å². The number of benzene rings is 3. The molecule has 7 nitrogen and oxygen atoms in total. The molecule has 3 aromatic carbocycles. The molecule has 0 saturated carbocycles. The molecule has 8 heteroatoms. The van der Waals surface area contributed by atoms with Crippen LogP contribution in [0.3, 0.4) is 0 Å². The second-order valence-electron chi connectivity index (χ2n) is 7.58. The van der Waals surface area contributed by atoms with Gasteiger partial charge in [-0.05, 0) is 54.4 Å². The Bertz CT molecular complexity index is 1330. The molecule has 0 fully saturated rings. The van der Waals surface area contributed by atoms with E-state index in [0.29, 0.717) is 40.9 Å². The fourth-order valence-electron chi connectivity index (χ4n) is 3.68. The van der Waals surface area contributed by atoms with E-state index >= 15 is 0 Å². The summed E-state index contributed by atoms with van der Waals surface area (Å²) in [5.41, 5.74) is 2.29. The summed E-state index contributed by atoms with van der Waals surface area (Å²) in [6, 6.07) is 18.3. The number of methoxy groups -OCH3 is 2. The molecule has 0 atom stereocenters. The molecular weight excluding hydrogens is 437 g/mol. The summed E-state index contributed by atoms with van der Waals surface area (Å²) in [4.78, 5) is 28.8. The number of fused-ring (bicyclic) bond motifs is 1. The van der Waals surface area contributed by atoms with E-state index in [2.05, 4.69) is 15.6 Å². The molecule has 1 heterocycles. The molecule has 0 aliphatic carbocycles. The first-order valence-electron chi connectivity index (χ1n) is 10.7. The smallest absolute Gasteiger partial charge is 0.269 e. The van der Waals surface area contributed by atoms with Gasteiger partial charge in [0.2, 0.25) is 0 Å². The fraction of sp³-hybridized carbons (Fsp3) is 0.154. The summed E-state index contributed by atoms with van der Waals surface area (Å²) < 4.78 is 24.5. The van der Waals surface area contributed by atoms with Crippen molar-refractivity contribution in [2.75, 3.05) is 26.1 Å². The Kier molecular flexibility index (Phi) is 6.77. The first-order valence-corrected chi connectivity index (χ1v) is 10.7. The number of rotatable bonds is 8. The first-order chi connectivity index (χ1) is 16.5. The molecule has 4 aromatic rings. The second-order valence-corrected chi connectivity index (χ2v) is 7.58. The maximum atomic E-state index is 13.9. The zero-order valence-corrected chi connectivity index (χ0v) is 18.8. The van der Waals surface area contributed by atoms with Gasteiger partial charge in [-0.1, -0.05) is 24.3 Å². The number of ether oxygens (including phenoxy) is 2. The molecule has 34 heavy (non-hydrogen) atoms. The van der Waals surface area contributed by atoms with Gasteiger partial charge in [-0.25, -0.2) is 4.39 Å². The van der Waals surface area contributed by atoms with Crippen LogP contribution in [-0.4, -0.2) is 37.6 Å². The van der Waals surface area contributed by atoms with Crippen molar-refractivity contribution < 1.29 is 23.5 Å². The highest BCUT2D eigenvalue weighted by Gasteiger charge is 2.20. The maximum absolute atomic E-state index is 13.9. The van der Waals surface area contributed by atoms with Gasteiger partial charge in [-0.3, -0.25) is 9.59 Å². The Morgan fingerprint density at radius 3 is 2.41 bits per heavy atom.